The number of ether oxygens (including phenoxy) is 3. The lowest BCUT2D eigenvalue weighted by atomic mass is 9.94. The number of fused-ring (bicyclic) bond motifs is 2. The van der Waals surface area contributed by atoms with Crippen LogP contribution >= 0.6 is 0 Å². The van der Waals surface area contributed by atoms with E-state index in [0.29, 0.717) is 12.1 Å². The van der Waals surface area contributed by atoms with Gasteiger partial charge in [0.1, 0.15) is 0 Å². The Balaban J connectivity index is 1.81. The first-order valence-electron chi connectivity index (χ1n) is 6.08. The zero-order valence-electron chi connectivity index (χ0n) is 10.5. The van der Waals surface area contributed by atoms with Crippen molar-refractivity contribution in [2.75, 3.05) is 21.3 Å². The van der Waals surface area contributed by atoms with Crippen LogP contribution in [-0.4, -0.2) is 50.1 Å². The van der Waals surface area contributed by atoms with E-state index < -0.39 is 11.8 Å². The van der Waals surface area contributed by atoms with Crippen molar-refractivity contribution >= 4 is 0 Å². The van der Waals surface area contributed by atoms with Crippen LogP contribution in [0.2, 0.25) is 0 Å². The van der Waals surface area contributed by atoms with Gasteiger partial charge < -0.3 is 14.4 Å². The Hall–Kier alpha value is -0.560. The topological polar surface area (TPSA) is 55.7 Å². The minimum atomic E-state index is -1.32. The summed E-state index contributed by atoms with van der Waals surface area (Å²) in [6, 6.07) is 1.08. The van der Waals surface area contributed by atoms with Gasteiger partial charge in [-0.05, 0) is 19.9 Å². The molecule has 17 heavy (non-hydrogen) atoms. The fraction of sp³-hybridized carbons (Fsp3) is 1.00. The Labute approximate surface area is 101 Å². The highest BCUT2D eigenvalue weighted by atomic mass is 16.9. The van der Waals surface area contributed by atoms with E-state index in [9.17, 15) is 0 Å². The van der Waals surface area contributed by atoms with Crippen LogP contribution in [-0.2, 0) is 14.2 Å². The predicted molar refractivity (Wildman–Crippen MR) is 59.2 cm³/mol. The standard InChI is InChI=1S/C11H19N3O3/c1-14-8-4-5-9(14)7-10(6-8)12-13-11(15-2,16-3)17-10/h8-9H,4-7H2,1-3H3/t8-,9+,10?. The number of methoxy groups -OCH3 is 2. The molecular formula is C11H19N3O3. The molecule has 0 aromatic heterocycles. The molecule has 3 heterocycles. The quantitative estimate of drug-likeness (QED) is 0.684. The maximum absolute atomic E-state index is 5.90. The summed E-state index contributed by atoms with van der Waals surface area (Å²) < 4.78 is 16.3. The van der Waals surface area contributed by atoms with Crippen molar-refractivity contribution in [1.29, 1.82) is 0 Å². The molecule has 0 amide bonds. The molecule has 3 rings (SSSR count). The normalized spacial score (nSPS) is 43.7. The number of rotatable bonds is 2. The average Bonchev–Trinajstić information content (AvgIpc) is 2.78. The van der Waals surface area contributed by atoms with Crippen LogP contribution in [0.1, 0.15) is 25.7 Å². The zero-order valence-corrected chi connectivity index (χ0v) is 10.5. The Bertz CT molecular complexity index is 329. The van der Waals surface area contributed by atoms with Crippen LogP contribution in [0.25, 0.3) is 0 Å². The third-order valence-corrected chi connectivity index (χ3v) is 4.28. The van der Waals surface area contributed by atoms with Gasteiger partial charge in [-0.2, -0.15) is 5.11 Å². The van der Waals surface area contributed by atoms with Gasteiger partial charge in [0.15, 0.2) is 5.72 Å². The van der Waals surface area contributed by atoms with Crippen molar-refractivity contribution in [3.8, 4) is 0 Å². The summed E-state index contributed by atoms with van der Waals surface area (Å²) in [7, 11) is 5.22. The molecule has 3 aliphatic rings. The average molecular weight is 241 g/mol. The second kappa shape index (κ2) is 3.71. The maximum Gasteiger partial charge on any atom is 0.414 e. The molecular weight excluding hydrogens is 222 g/mol. The zero-order chi connectivity index (χ0) is 12.1. The molecule has 0 aromatic rings. The number of piperidine rings is 1. The molecule has 6 heteroatoms. The lowest BCUT2D eigenvalue weighted by Gasteiger charge is -2.40. The summed E-state index contributed by atoms with van der Waals surface area (Å²) >= 11 is 0. The van der Waals surface area contributed by atoms with E-state index in [1.54, 1.807) is 0 Å². The van der Waals surface area contributed by atoms with Gasteiger partial charge in [-0.15, -0.1) is 0 Å². The molecule has 2 bridgehead atoms. The molecule has 2 fully saturated rings. The second-order valence-electron chi connectivity index (χ2n) is 5.14. The highest BCUT2D eigenvalue weighted by Gasteiger charge is 2.56. The van der Waals surface area contributed by atoms with Gasteiger partial charge >= 0.3 is 6.10 Å². The van der Waals surface area contributed by atoms with E-state index in [4.69, 9.17) is 14.2 Å². The van der Waals surface area contributed by atoms with E-state index in [0.717, 1.165) is 12.8 Å². The van der Waals surface area contributed by atoms with Gasteiger partial charge in [-0.3, -0.25) is 4.74 Å². The van der Waals surface area contributed by atoms with Crippen molar-refractivity contribution in [3.05, 3.63) is 0 Å². The number of hydrogen-bond acceptors (Lipinski definition) is 6. The highest BCUT2D eigenvalue weighted by Crippen LogP contribution is 2.47. The number of hydrogen-bond donors (Lipinski definition) is 0. The first kappa shape index (κ1) is 11.5. The fourth-order valence-corrected chi connectivity index (χ4v) is 3.25. The maximum atomic E-state index is 5.90. The molecule has 0 saturated carbocycles. The first-order chi connectivity index (χ1) is 8.12. The SMILES string of the molecule is COC1(OC)N=NC2(C[C@H]3CC[C@@H](C2)N3C)O1. The number of azo groups is 1. The Morgan fingerprint density at radius 2 is 1.71 bits per heavy atom. The molecule has 3 atom stereocenters. The van der Waals surface area contributed by atoms with Gasteiger partial charge in [-0.1, -0.05) is 5.11 Å². The van der Waals surface area contributed by atoms with Crippen LogP contribution < -0.4 is 0 Å². The summed E-state index contributed by atoms with van der Waals surface area (Å²) in [6.45, 7) is 0. The van der Waals surface area contributed by atoms with Gasteiger partial charge in [0.2, 0.25) is 0 Å². The molecule has 96 valence electrons. The molecule has 3 aliphatic heterocycles. The lowest BCUT2D eigenvalue weighted by Crippen LogP contribution is -2.51. The van der Waals surface area contributed by atoms with Gasteiger partial charge in [0.05, 0.1) is 0 Å². The van der Waals surface area contributed by atoms with Crippen LogP contribution in [0.5, 0.6) is 0 Å². The van der Waals surface area contributed by atoms with Gasteiger partial charge in [-0.25, -0.2) is 0 Å². The smallest absolute Gasteiger partial charge is 0.310 e. The third kappa shape index (κ3) is 1.62. The summed E-state index contributed by atoms with van der Waals surface area (Å²) in [6.07, 6.45) is 2.86. The molecule has 2 saturated heterocycles. The van der Waals surface area contributed by atoms with Gasteiger partial charge in [0.25, 0.3) is 0 Å². The fourth-order valence-electron chi connectivity index (χ4n) is 3.25. The van der Waals surface area contributed by atoms with Crippen LogP contribution in [0.4, 0.5) is 0 Å². The van der Waals surface area contributed by atoms with Crippen molar-refractivity contribution in [1.82, 2.24) is 4.90 Å². The van der Waals surface area contributed by atoms with E-state index >= 15 is 0 Å². The molecule has 1 spiro atoms. The summed E-state index contributed by atoms with van der Waals surface area (Å²) in [5, 5.41) is 8.37. The van der Waals surface area contributed by atoms with Crippen LogP contribution in [0.3, 0.4) is 0 Å². The molecule has 0 N–H and O–H groups in total. The van der Waals surface area contributed by atoms with E-state index in [2.05, 4.69) is 22.2 Å². The van der Waals surface area contributed by atoms with Crippen LogP contribution in [0, 0.1) is 0 Å². The third-order valence-electron chi connectivity index (χ3n) is 4.28. The molecule has 0 radical (unpaired) electrons. The second-order valence-corrected chi connectivity index (χ2v) is 5.14. The minimum absolute atomic E-state index is 0.537. The van der Waals surface area contributed by atoms with E-state index in [1.807, 2.05) is 0 Å². The molecule has 6 nitrogen and oxygen atoms in total. The number of nitrogens with zero attached hydrogens (tertiary/aromatic N) is 3. The van der Waals surface area contributed by atoms with E-state index in [-0.39, 0.29) is 0 Å². The van der Waals surface area contributed by atoms with Crippen molar-refractivity contribution in [3.63, 3.8) is 0 Å². The summed E-state index contributed by atoms with van der Waals surface area (Å²) in [5.41, 5.74) is -0.537. The Morgan fingerprint density at radius 1 is 1.12 bits per heavy atom. The van der Waals surface area contributed by atoms with Crippen LogP contribution in [0.15, 0.2) is 10.2 Å². The summed E-state index contributed by atoms with van der Waals surface area (Å²) in [5.74, 6) is 0. The Morgan fingerprint density at radius 3 is 2.18 bits per heavy atom. The lowest BCUT2D eigenvalue weighted by molar-refractivity contribution is -0.375. The Kier molecular flexibility index (Phi) is 2.52. The van der Waals surface area contributed by atoms with Crippen molar-refractivity contribution in [2.45, 2.75) is 49.6 Å². The van der Waals surface area contributed by atoms with Gasteiger partial charge in [0, 0.05) is 39.1 Å². The highest BCUT2D eigenvalue weighted by molar-refractivity contribution is 5.02. The summed E-state index contributed by atoms with van der Waals surface area (Å²) in [4.78, 5) is 2.43. The van der Waals surface area contributed by atoms with E-state index in [1.165, 1.54) is 27.1 Å². The van der Waals surface area contributed by atoms with Crippen molar-refractivity contribution < 1.29 is 14.2 Å². The molecule has 0 aromatic carbocycles. The molecule has 1 unspecified atom stereocenters. The predicted octanol–water partition coefficient (Wildman–Crippen LogP) is 1.33. The minimum Gasteiger partial charge on any atom is -0.310 e. The molecule has 0 aliphatic carbocycles. The van der Waals surface area contributed by atoms with Crippen molar-refractivity contribution in [2.24, 2.45) is 10.2 Å². The monoisotopic (exact) mass is 241 g/mol. The largest absolute Gasteiger partial charge is 0.414 e. The first-order valence-corrected chi connectivity index (χ1v) is 6.08.